The van der Waals surface area contributed by atoms with Gasteiger partial charge >= 0.3 is 0 Å². The van der Waals surface area contributed by atoms with Crippen LogP contribution in [0, 0.1) is 17.0 Å². The number of sulfonamides is 1. The molecule has 0 spiro atoms. The molecular weight excluding hydrogens is 572 g/mol. The third kappa shape index (κ3) is 7.33. The van der Waals surface area contributed by atoms with Gasteiger partial charge in [-0.2, -0.15) is 0 Å². The van der Waals surface area contributed by atoms with Gasteiger partial charge in [-0.05, 0) is 50.6 Å². The molecule has 0 aliphatic heterocycles. The van der Waals surface area contributed by atoms with Crippen LogP contribution in [0.4, 0.5) is 11.4 Å². The molecule has 0 heterocycles. The van der Waals surface area contributed by atoms with Crippen molar-refractivity contribution in [2.24, 2.45) is 0 Å². The number of nitro groups is 1. The first-order valence-corrected chi connectivity index (χ1v) is 14.4. The first kappa shape index (κ1) is 31.4. The molecule has 41 heavy (non-hydrogen) atoms. The van der Waals surface area contributed by atoms with Crippen molar-refractivity contribution >= 4 is 44.8 Å². The number of amides is 2. The number of carbonyl (C=O) groups is 2. The van der Waals surface area contributed by atoms with Gasteiger partial charge in [-0.15, -0.1) is 0 Å². The van der Waals surface area contributed by atoms with Crippen LogP contribution >= 0.6 is 11.6 Å². The number of nitro benzene ring substituents is 1. The molecule has 0 saturated heterocycles. The fraction of sp³-hybridized carbons (Fsp3) is 0.286. The van der Waals surface area contributed by atoms with E-state index in [4.69, 9.17) is 16.3 Å². The van der Waals surface area contributed by atoms with Crippen molar-refractivity contribution in [3.63, 3.8) is 0 Å². The van der Waals surface area contributed by atoms with Crippen LogP contribution in [0.5, 0.6) is 5.75 Å². The monoisotopic (exact) mass is 602 g/mol. The maximum Gasteiger partial charge on any atom is 0.273 e. The summed E-state index contributed by atoms with van der Waals surface area (Å²) >= 11 is 6.22. The Bertz CT molecular complexity index is 1530. The minimum Gasteiger partial charge on any atom is -0.495 e. The molecule has 0 aliphatic carbocycles. The van der Waals surface area contributed by atoms with Crippen LogP contribution in [0.25, 0.3) is 0 Å². The summed E-state index contributed by atoms with van der Waals surface area (Å²) in [4.78, 5) is 38.5. The van der Waals surface area contributed by atoms with E-state index in [2.05, 4.69) is 5.32 Å². The van der Waals surface area contributed by atoms with Gasteiger partial charge in [0.15, 0.2) is 0 Å². The van der Waals surface area contributed by atoms with Crippen molar-refractivity contribution in [1.82, 2.24) is 10.2 Å². The Morgan fingerprint density at radius 1 is 1.10 bits per heavy atom. The highest BCUT2D eigenvalue weighted by atomic mass is 35.5. The number of hydrogen-bond acceptors (Lipinski definition) is 7. The minimum absolute atomic E-state index is 0.0224. The number of likely N-dealkylation sites (N-methyl/N-ethyl adjacent to an activating group) is 1. The Balaban J connectivity index is 2.16. The van der Waals surface area contributed by atoms with Gasteiger partial charge in [0.25, 0.3) is 15.7 Å². The standard InChI is InChI=1S/C28H31ClN4O7S/c1-5-30-28(35)20(3)31(17-21-9-7-6-8-10-21)27(34)18-32(25-15-22(29)12-14-26(25)40-4)41(38,39)23-13-11-19(2)24(16-23)33(36)37/h6-16,20H,5,17-18H2,1-4H3,(H,30,35)/t20-/m1/s1. The van der Waals surface area contributed by atoms with Gasteiger partial charge in [0.1, 0.15) is 18.3 Å². The van der Waals surface area contributed by atoms with Gasteiger partial charge in [-0.25, -0.2) is 8.42 Å². The first-order valence-electron chi connectivity index (χ1n) is 12.6. The van der Waals surface area contributed by atoms with Crippen molar-refractivity contribution in [2.45, 2.75) is 38.3 Å². The summed E-state index contributed by atoms with van der Waals surface area (Å²) in [6.07, 6.45) is 0. The predicted molar refractivity (Wildman–Crippen MR) is 156 cm³/mol. The summed E-state index contributed by atoms with van der Waals surface area (Å²) in [6, 6.07) is 15.7. The molecule has 0 bridgehead atoms. The largest absolute Gasteiger partial charge is 0.495 e. The molecule has 218 valence electrons. The summed E-state index contributed by atoms with van der Waals surface area (Å²) < 4.78 is 34.3. The van der Waals surface area contributed by atoms with E-state index in [0.717, 1.165) is 15.9 Å². The summed E-state index contributed by atoms with van der Waals surface area (Å²) in [5.41, 5.74) is 0.537. The smallest absolute Gasteiger partial charge is 0.273 e. The van der Waals surface area contributed by atoms with Crippen LogP contribution in [0.15, 0.2) is 71.6 Å². The average molecular weight is 603 g/mol. The maximum absolute atomic E-state index is 14.1. The van der Waals surface area contributed by atoms with E-state index in [9.17, 15) is 28.1 Å². The molecule has 1 N–H and O–H groups in total. The van der Waals surface area contributed by atoms with E-state index in [1.807, 2.05) is 6.07 Å². The highest BCUT2D eigenvalue weighted by Gasteiger charge is 2.34. The number of methoxy groups -OCH3 is 1. The van der Waals surface area contributed by atoms with Crippen molar-refractivity contribution in [2.75, 3.05) is 24.5 Å². The lowest BCUT2D eigenvalue weighted by Gasteiger charge is -2.32. The molecule has 0 saturated carbocycles. The molecule has 1 atom stereocenters. The topological polar surface area (TPSA) is 139 Å². The van der Waals surface area contributed by atoms with Crippen LogP contribution < -0.4 is 14.4 Å². The number of nitrogens with zero attached hydrogens (tertiary/aromatic N) is 3. The number of anilines is 1. The normalized spacial score (nSPS) is 11.8. The van der Waals surface area contributed by atoms with Crippen LogP contribution in [-0.2, 0) is 26.2 Å². The quantitative estimate of drug-likeness (QED) is 0.241. The Kier molecular flexibility index (Phi) is 10.3. The number of carbonyl (C=O) groups excluding carboxylic acids is 2. The molecule has 13 heteroatoms. The number of halogens is 1. The Hall–Kier alpha value is -4.16. The molecule has 3 rings (SSSR count). The zero-order chi connectivity index (χ0) is 30.3. The van der Waals surface area contributed by atoms with Gasteiger partial charge in [-0.1, -0.05) is 48.0 Å². The van der Waals surface area contributed by atoms with Crippen molar-refractivity contribution in [1.29, 1.82) is 0 Å². The Morgan fingerprint density at radius 3 is 2.39 bits per heavy atom. The highest BCUT2D eigenvalue weighted by molar-refractivity contribution is 7.92. The number of nitrogens with one attached hydrogen (secondary N) is 1. The molecule has 0 unspecified atom stereocenters. The van der Waals surface area contributed by atoms with Crippen LogP contribution in [-0.4, -0.2) is 56.3 Å². The van der Waals surface area contributed by atoms with Gasteiger partial charge in [-0.3, -0.25) is 24.0 Å². The van der Waals surface area contributed by atoms with Crippen LogP contribution in [0.2, 0.25) is 5.02 Å². The number of aryl methyl sites for hydroxylation is 1. The van der Waals surface area contributed by atoms with Gasteiger partial charge in [0, 0.05) is 29.7 Å². The SMILES string of the molecule is CCNC(=O)[C@@H](C)N(Cc1ccccc1)C(=O)CN(c1cc(Cl)ccc1OC)S(=O)(=O)c1ccc(C)c([N+](=O)[O-])c1. The summed E-state index contributed by atoms with van der Waals surface area (Å²) in [5.74, 6) is -1.01. The second-order valence-corrected chi connectivity index (χ2v) is 11.4. The number of ether oxygens (including phenoxy) is 1. The predicted octanol–water partition coefficient (Wildman–Crippen LogP) is 4.31. The lowest BCUT2D eigenvalue weighted by atomic mass is 10.1. The first-order chi connectivity index (χ1) is 19.4. The zero-order valence-electron chi connectivity index (χ0n) is 23.0. The second kappa shape index (κ2) is 13.5. The third-order valence-corrected chi connectivity index (χ3v) is 8.36. The van der Waals surface area contributed by atoms with E-state index < -0.39 is 49.9 Å². The molecule has 2 amide bonds. The Labute approximate surface area is 243 Å². The number of rotatable bonds is 12. The van der Waals surface area contributed by atoms with E-state index in [1.165, 1.54) is 49.3 Å². The third-order valence-electron chi connectivity index (χ3n) is 6.37. The highest BCUT2D eigenvalue weighted by Crippen LogP contribution is 2.36. The van der Waals surface area contributed by atoms with Crippen molar-refractivity contribution in [3.05, 3.63) is 93.0 Å². The van der Waals surface area contributed by atoms with Crippen molar-refractivity contribution in [3.8, 4) is 5.75 Å². The fourth-order valence-corrected chi connectivity index (χ4v) is 5.73. The van der Waals surface area contributed by atoms with Crippen LogP contribution in [0.1, 0.15) is 25.0 Å². The molecule has 3 aromatic carbocycles. The fourth-order valence-electron chi connectivity index (χ4n) is 4.13. The number of hydrogen-bond donors (Lipinski definition) is 1. The van der Waals surface area contributed by atoms with E-state index in [-0.39, 0.29) is 28.6 Å². The summed E-state index contributed by atoms with van der Waals surface area (Å²) in [5, 5.41) is 14.4. The summed E-state index contributed by atoms with van der Waals surface area (Å²) in [6.45, 7) is 4.39. The van der Waals surface area contributed by atoms with E-state index in [1.54, 1.807) is 38.1 Å². The van der Waals surface area contributed by atoms with Crippen LogP contribution in [0.3, 0.4) is 0 Å². The zero-order valence-corrected chi connectivity index (χ0v) is 24.6. The van der Waals surface area contributed by atoms with Gasteiger partial charge < -0.3 is 15.0 Å². The van der Waals surface area contributed by atoms with Crippen molar-refractivity contribution < 1.29 is 27.7 Å². The lowest BCUT2D eigenvalue weighted by Crippen LogP contribution is -2.51. The molecule has 0 aliphatic rings. The minimum atomic E-state index is -4.59. The molecule has 0 aromatic heterocycles. The van der Waals surface area contributed by atoms with E-state index >= 15 is 0 Å². The molecular formula is C28H31ClN4O7S. The van der Waals surface area contributed by atoms with E-state index in [0.29, 0.717) is 6.54 Å². The molecule has 0 radical (unpaired) electrons. The Morgan fingerprint density at radius 2 is 1.78 bits per heavy atom. The summed E-state index contributed by atoms with van der Waals surface area (Å²) in [7, 11) is -3.26. The molecule has 3 aromatic rings. The second-order valence-electron chi connectivity index (χ2n) is 9.11. The van der Waals surface area contributed by atoms with Gasteiger partial charge in [0.2, 0.25) is 11.8 Å². The average Bonchev–Trinajstić information content (AvgIpc) is 2.94. The molecule has 11 nitrogen and oxygen atoms in total. The lowest BCUT2D eigenvalue weighted by molar-refractivity contribution is -0.385. The van der Waals surface area contributed by atoms with Gasteiger partial charge in [0.05, 0.1) is 22.6 Å². The maximum atomic E-state index is 14.1. The number of benzene rings is 3. The molecule has 0 fully saturated rings.